The molecule has 0 saturated heterocycles. The van der Waals surface area contributed by atoms with Crippen LogP contribution in [0.3, 0.4) is 0 Å². The standard InChI is InChI=1S/C18H30N4O3S2/c1-3-26(23)16-6-4-5-15(13-16)22-18(20-2)21-12-11-14-7-9-17(10-8-14)27(19,24)25/h7-10,15-16H,3-6,11-13H2,1-2H3,(H2,19,24,25)(H2,20,21,22). The molecule has 0 heterocycles. The molecule has 0 aromatic heterocycles. The molecule has 1 aliphatic carbocycles. The molecule has 3 unspecified atom stereocenters. The Bertz CT molecular complexity index is 763. The summed E-state index contributed by atoms with van der Waals surface area (Å²) in [6, 6.07) is 6.87. The van der Waals surface area contributed by atoms with Gasteiger partial charge in [0, 0.05) is 41.4 Å². The van der Waals surface area contributed by atoms with Crippen LogP contribution < -0.4 is 15.8 Å². The van der Waals surface area contributed by atoms with Crippen molar-refractivity contribution in [2.24, 2.45) is 10.1 Å². The second kappa shape index (κ2) is 10.2. The molecule has 0 radical (unpaired) electrons. The monoisotopic (exact) mass is 414 g/mol. The smallest absolute Gasteiger partial charge is 0.238 e. The molecular weight excluding hydrogens is 384 g/mol. The van der Waals surface area contributed by atoms with E-state index in [1.54, 1.807) is 19.2 Å². The Morgan fingerprint density at radius 3 is 2.59 bits per heavy atom. The number of benzene rings is 1. The van der Waals surface area contributed by atoms with Crippen molar-refractivity contribution >= 4 is 26.8 Å². The summed E-state index contributed by atoms with van der Waals surface area (Å²) >= 11 is 0. The molecule has 9 heteroatoms. The zero-order chi connectivity index (χ0) is 19.9. The summed E-state index contributed by atoms with van der Waals surface area (Å²) in [5, 5.41) is 12.1. The van der Waals surface area contributed by atoms with Crippen molar-refractivity contribution in [3.8, 4) is 0 Å². The minimum atomic E-state index is -3.65. The van der Waals surface area contributed by atoms with Gasteiger partial charge in [-0.1, -0.05) is 25.5 Å². The van der Waals surface area contributed by atoms with Gasteiger partial charge in [-0.3, -0.25) is 9.20 Å². The zero-order valence-corrected chi connectivity index (χ0v) is 17.6. The molecule has 1 fully saturated rings. The zero-order valence-electron chi connectivity index (χ0n) is 16.0. The van der Waals surface area contributed by atoms with Crippen LogP contribution in [-0.2, 0) is 27.2 Å². The van der Waals surface area contributed by atoms with Gasteiger partial charge in [0.25, 0.3) is 0 Å². The summed E-state index contributed by atoms with van der Waals surface area (Å²) in [5.74, 6) is 1.46. The van der Waals surface area contributed by atoms with Crippen molar-refractivity contribution in [3.05, 3.63) is 29.8 Å². The van der Waals surface area contributed by atoms with E-state index in [9.17, 15) is 12.6 Å². The van der Waals surface area contributed by atoms with Crippen molar-refractivity contribution in [2.75, 3.05) is 19.3 Å². The molecule has 1 aliphatic rings. The number of nitrogens with one attached hydrogen (secondary N) is 2. The Balaban J connectivity index is 1.81. The summed E-state index contributed by atoms with van der Waals surface area (Å²) in [7, 11) is -2.66. The SMILES string of the molecule is CCS(=O)C1CCCC(NC(=NC)NCCc2ccc(S(N)(=O)=O)cc2)C1. The second-order valence-corrected chi connectivity index (χ2v) is 10.3. The van der Waals surface area contributed by atoms with Crippen molar-refractivity contribution in [1.29, 1.82) is 0 Å². The Kier molecular flexibility index (Phi) is 8.25. The van der Waals surface area contributed by atoms with Crippen LogP contribution in [0, 0.1) is 0 Å². The molecule has 3 atom stereocenters. The van der Waals surface area contributed by atoms with Crippen molar-refractivity contribution in [2.45, 2.75) is 55.2 Å². The number of hydrogen-bond acceptors (Lipinski definition) is 4. The molecule has 1 aromatic carbocycles. The number of sulfonamides is 1. The lowest BCUT2D eigenvalue weighted by Gasteiger charge is -2.30. The molecule has 0 spiro atoms. The average Bonchev–Trinajstić information content (AvgIpc) is 2.66. The van der Waals surface area contributed by atoms with E-state index >= 15 is 0 Å². The summed E-state index contributed by atoms with van der Waals surface area (Å²) < 4.78 is 34.6. The van der Waals surface area contributed by atoms with Gasteiger partial charge >= 0.3 is 0 Å². The normalized spacial score (nSPS) is 22.3. The predicted octanol–water partition coefficient (Wildman–Crippen LogP) is 1.12. The van der Waals surface area contributed by atoms with Crippen molar-refractivity contribution in [3.63, 3.8) is 0 Å². The fraction of sp³-hybridized carbons (Fsp3) is 0.611. The van der Waals surface area contributed by atoms with Crippen LogP contribution >= 0.6 is 0 Å². The highest BCUT2D eigenvalue weighted by Gasteiger charge is 2.25. The highest BCUT2D eigenvalue weighted by atomic mass is 32.2. The largest absolute Gasteiger partial charge is 0.356 e. The van der Waals surface area contributed by atoms with Crippen LogP contribution in [0.2, 0.25) is 0 Å². The fourth-order valence-corrected chi connectivity index (χ4v) is 5.17. The molecular formula is C18H30N4O3S2. The first-order valence-electron chi connectivity index (χ1n) is 9.29. The number of guanidine groups is 1. The first-order valence-corrected chi connectivity index (χ1v) is 12.2. The van der Waals surface area contributed by atoms with Crippen LogP contribution in [0.25, 0.3) is 0 Å². The molecule has 0 bridgehead atoms. The molecule has 0 aliphatic heterocycles. The van der Waals surface area contributed by atoms with Crippen molar-refractivity contribution < 1.29 is 12.6 Å². The third kappa shape index (κ3) is 6.90. The van der Waals surface area contributed by atoms with Gasteiger partial charge in [-0.05, 0) is 43.4 Å². The van der Waals surface area contributed by atoms with E-state index in [0.29, 0.717) is 18.3 Å². The molecule has 27 heavy (non-hydrogen) atoms. The van der Waals surface area contributed by atoms with Gasteiger partial charge in [-0.2, -0.15) is 0 Å². The Hall–Kier alpha value is -1.45. The van der Waals surface area contributed by atoms with E-state index in [1.165, 1.54) is 12.1 Å². The van der Waals surface area contributed by atoms with Crippen LogP contribution in [0.5, 0.6) is 0 Å². The third-order valence-electron chi connectivity index (χ3n) is 4.80. The number of nitrogens with zero attached hydrogens (tertiary/aromatic N) is 1. The second-order valence-electron chi connectivity index (χ2n) is 6.74. The maximum Gasteiger partial charge on any atom is 0.238 e. The van der Waals surface area contributed by atoms with Gasteiger partial charge in [0.1, 0.15) is 0 Å². The summed E-state index contributed by atoms with van der Waals surface area (Å²) in [5.41, 5.74) is 1.02. The highest BCUT2D eigenvalue weighted by molar-refractivity contribution is 7.89. The molecule has 7 nitrogen and oxygen atoms in total. The Morgan fingerprint density at radius 2 is 2.00 bits per heavy atom. The molecule has 1 aromatic rings. The minimum absolute atomic E-state index is 0.119. The third-order valence-corrected chi connectivity index (χ3v) is 7.47. The van der Waals surface area contributed by atoms with E-state index in [2.05, 4.69) is 15.6 Å². The number of aliphatic imine (C=N–C) groups is 1. The van der Waals surface area contributed by atoms with Gasteiger partial charge in [0.2, 0.25) is 10.0 Å². The summed E-state index contributed by atoms with van der Waals surface area (Å²) in [6.07, 6.45) is 4.84. The van der Waals surface area contributed by atoms with Crippen molar-refractivity contribution in [1.82, 2.24) is 10.6 Å². The quantitative estimate of drug-likeness (QED) is 0.457. The fourth-order valence-electron chi connectivity index (χ4n) is 3.31. The topological polar surface area (TPSA) is 114 Å². The van der Waals surface area contributed by atoms with Gasteiger partial charge in [0.15, 0.2) is 5.96 Å². The van der Waals surface area contributed by atoms with Crippen LogP contribution in [0.4, 0.5) is 0 Å². The van der Waals surface area contributed by atoms with Crippen LogP contribution in [-0.4, -0.2) is 49.2 Å². The Labute approximate surface area is 164 Å². The lowest BCUT2D eigenvalue weighted by atomic mass is 9.95. The molecule has 152 valence electrons. The molecule has 1 saturated carbocycles. The van der Waals surface area contributed by atoms with E-state index < -0.39 is 20.8 Å². The van der Waals surface area contributed by atoms with Gasteiger partial charge in [-0.15, -0.1) is 0 Å². The maximum absolute atomic E-state index is 12.1. The van der Waals surface area contributed by atoms with E-state index in [4.69, 9.17) is 5.14 Å². The Morgan fingerprint density at radius 1 is 1.30 bits per heavy atom. The number of rotatable bonds is 7. The molecule has 0 amide bonds. The maximum atomic E-state index is 12.1. The van der Waals surface area contributed by atoms with Gasteiger partial charge < -0.3 is 10.6 Å². The first kappa shape index (κ1) is 21.8. The summed E-state index contributed by atoms with van der Waals surface area (Å²) in [6.45, 7) is 2.65. The molecule has 4 N–H and O–H groups in total. The number of nitrogens with two attached hydrogens (primary N) is 1. The van der Waals surface area contributed by atoms with Crippen LogP contribution in [0.15, 0.2) is 34.2 Å². The van der Waals surface area contributed by atoms with Crippen LogP contribution in [0.1, 0.15) is 38.2 Å². The average molecular weight is 415 g/mol. The molecule has 2 rings (SSSR count). The number of primary sulfonamides is 1. The van der Waals surface area contributed by atoms with Gasteiger partial charge in [-0.25, -0.2) is 13.6 Å². The van der Waals surface area contributed by atoms with E-state index in [1.807, 2.05) is 6.92 Å². The lowest BCUT2D eigenvalue weighted by molar-refractivity contribution is 0.413. The predicted molar refractivity (Wildman–Crippen MR) is 111 cm³/mol. The highest BCUT2D eigenvalue weighted by Crippen LogP contribution is 2.22. The van der Waals surface area contributed by atoms with Gasteiger partial charge in [0.05, 0.1) is 4.90 Å². The lowest BCUT2D eigenvalue weighted by Crippen LogP contribution is -2.47. The minimum Gasteiger partial charge on any atom is -0.356 e. The van der Waals surface area contributed by atoms with E-state index in [0.717, 1.165) is 43.6 Å². The summed E-state index contributed by atoms with van der Waals surface area (Å²) in [4.78, 5) is 4.39. The van der Waals surface area contributed by atoms with E-state index in [-0.39, 0.29) is 10.1 Å². The number of hydrogen-bond donors (Lipinski definition) is 3. The first-order chi connectivity index (χ1) is 12.8.